The highest BCUT2D eigenvalue weighted by Gasteiger charge is 2.34. The van der Waals surface area contributed by atoms with Gasteiger partial charge in [-0.15, -0.1) is 0 Å². The van der Waals surface area contributed by atoms with E-state index in [4.69, 9.17) is 0 Å². The van der Waals surface area contributed by atoms with E-state index in [-0.39, 0.29) is 16.7 Å². The second kappa shape index (κ2) is 4.03. The Labute approximate surface area is 92.9 Å². The zero-order valence-corrected chi connectivity index (χ0v) is 10.9. The molecule has 90 valence electrons. The molecule has 1 saturated heterocycles. The van der Waals surface area contributed by atoms with E-state index in [9.17, 15) is 8.42 Å². The third-order valence-corrected chi connectivity index (χ3v) is 4.44. The molecule has 1 fully saturated rings. The fourth-order valence-electron chi connectivity index (χ4n) is 1.89. The highest BCUT2D eigenvalue weighted by molar-refractivity contribution is 7.89. The van der Waals surface area contributed by atoms with E-state index in [1.54, 1.807) is 0 Å². The van der Waals surface area contributed by atoms with Crippen molar-refractivity contribution in [3.63, 3.8) is 0 Å². The molecule has 0 aromatic carbocycles. The highest BCUT2D eigenvalue weighted by Crippen LogP contribution is 2.19. The maximum absolute atomic E-state index is 11.9. The van der Waals surface area contributed by atoms with Crippen LogP contribution in [0.4, 0.5) is 0 Å². The summed E-state index contributed by atoms with van der Waals surface area (Å²) in [5.74, 6) is 0.176. The molecule has 1 atom stereocenters. The standard InChI is InChI=1S/C10H22N2O2S/c1-9(2,3)8-15(13,14)12-10(4)5-6-11-7-10/h11-12H,5-8H2,1-4H3. The lowest BCUT2D eigenvalue weighted by Crippen LogP contribution is -2.49. The van der Waals surface area contributed by atoms with Gasteiger partial charge in [0.05, 0.1) is 5.75 Å². The Hall–Kier alpha value is -0.130. The van der Waals surface area contributed by atoms with Gasteiger partial charge >= 0.3 is 0 Å². The van der Waals surface area contributed by atoms with Crippen molar-refractivity contribution in [1.29, 1.82) is 0 Å². The normalized spacial score (nSPS) is 28.3. The summed E-state index contributed by atoms with van der Waals surface area (Å²) in [6.07, 6.45) is 0.858. The van der Waals surface area contributed by atoms with Crippen molar-refractivity contribution in [3.8, 4) is 0 Å². The van der Waals surface area contributed by atoms with Gasteiger partial charge in [0.2, 0.25) is 10.0 Å². The van der Waals surface area contributed by atoms with Gasteiger partial charge in [-0.3, -0.25) is 0 Å². The van der Waals surface area contributed by atoms with Crippen LogP contribution in [0.5, 0.6) is 0 Å². The number of hydrogen-bond acceptors (Lipinski definition) is 3. The Kier molecular flexibility index (Phi) is 3.48. The van der Waals surface area contributed by atoms with Crippen molar-refractivity contribution < 1.29 is 8.42 Å². The van der Waals surface area contributed by atoms with E-state index in [1.165, 1.54) is 0 Å². The molecular weight excluding hydrogens is 212 g/mol. The molecule has 0 aromatic rings. The van der Waals surface area contributed by atoms with Gasteiger partial charge in [0.1, 0.15) is 0 Å². The van der Waals surface area contributed by atoms with Gasteiger partial charge in [-0.2, -0.15) is 0 Å². The molecule has 1 aliphatic heterocycles. The van der Waals surface area contributed by atoms with Gasteiger partial charge in [0, 0.05) is 12.1 Å². The van der Waals surface area contributed by atoms with Crippen LogP contribution in [-0.2, 0) is 10.0 Å². The molecule has 15 heavy (non-hydrogen) atoms. The Morgan fingerprint density at radius 2 is 2.00 bits per heavy atom. The lowest BCUT2D eigenvalue weighted by Gasteiger charge is -2.27. The predicted molar refractivity (Wildman–Crippen MR) is 62.3 cm³/mol. The molecule has 1 unspecified atom stereocenters. The first kappa shape index (κ1) is 12.9. The smallest absolute Gasteiger partial charge is 0.212 e. The van der Waals surface area contributed by atoms with Gasteiger partial charge in [0.25, 0.3) is 0 Å². The quantitative estimate of drug-likeness (QED) is 0.756. The van der Waals surface area contributed by atoms with Crippen molar-refractivity contribution in [2.24, 2.45) is 5.41 Å². The fraction of sp³-hybridized carbons (Fsp3) is 1.00. The summed E-state index contributed by atoms with van der Waals surface area (Å²) in [5, 5.41) is 3.17. The van der Waals surface area contributed by atoms with E-state index in [1.807, 2.05) is 27.7 Å². The molecule has 0 spiro atoms. The van der Waals surface area contributed by atoms with Gasteiger partial charge < -0.3 is 5.32 Å². The average molecular weight is 234 g/mol. The molecule has 0 radical (unpaired) electrons. The summed E-state index contributed by atoms with van der Waals surface area (Å²) in [6, 6.07) is 0. The highest BCUT2D eigenvalue weighted by atomic mass is 32.2. The molecule has 1 rings (SSSR count). The molecule has 0 amide bonds. The molecule has 2 N–H and O–H groups in total. The van der Waals surface area contributed by atoms with Crippen LogP contribution in [0.3, 0.4) is 0 Å². The van der Waals surface area contributed by atoms with Crippen molar-refractivity contribution >= 4 is 10.0 Å². The topological polar surface area (TPSA) is 58.2 Å². The molecule has 0 saturated carbocycles. The van der Waals surface area contributed by atoms with Crippen molar-refractivity contribution in [2.45, 2.75) is 39.7 Å². The SMILES string of the molecule is CC(C)(C)CS(=O)(=O)NC1(C)CCNC1. The first-order chi connectivity index (χ1) is 6.62. The lowest BCUT2D eigenvalue weighted by molar-refractivity contribution is 0.426. The van der Waals surface area contributed by atoms with Crippen LogP contribution in [0.15, 0.2) is 0 Å². The van der Waals surface area contributed by atoms with Crippen molar-refractivity contribution in [3.05, 3.63) is 0 Å². The molecule has 5 heteroatoms. The average Bonchev–Trinajstić information content (AvgIpc) is 2.27. The minimum atomic E-state index is -3.17. The number of hydrogen-bond donors (Lipinski definition) is 2. The third kappa shape index (κ3) is 4.49. The van der Waals surface area contributed by atoms with E-state index >= 15 is 0 Å². The maximum Gasteiger partial charge on any atom is 0.212 e. The van der Waals surface area contributed by atoms with Crippen LogP contribution in [0.2, 0.25) is 0 Å². The van der Waals surface area contributed by atoms with Crippen LogP contribution in [0, 0.1) is 5.41 Å². The van der Waals surface area contributed by atoms with E-state index in [2.05, 4.69) is 10.0 Å². The minimum Gasteiger partial charge on any atom is -0.315 e. The number of nitrogens with one attached hydrogen (secondary N) is 2. The van der Waals surface area contributed by atoms with Crippen molar-refractivity contribution in [1.82, 2.24) is 10.0 Å². The summed E-state index contributed by atoms with van der Waals surface area (Å²) in [4.78, 5) is 0. The van der Waals surface area contributed by atoms with Gasteiger partial charge in [0.15, 0.2) is 0 Å². The van der Waals surface area contributed by atoms with Crippen molar-refractivity contribution in [2.75, 3.05) is 18.8 Å². The van der Waals surface area contributed by atoms with Crippen LogP contribution < -0.4 is 10.0 Å². The molecule has 1 aliphatic rings. The predicted octanol–water partition coefficient (Wildman–Crippen LogP) is 0.704. The van der Waals surface area contributed by atoms with Gasteiger partial charge in [-0.05, 0) is 25.3 Å². The fourth-order valence-corrected chi connectivity index (χ4v) is 4.02. The molecule has 4 nitrogen and oxygen atoms in total. The first-order valence-electron chi connectivity index (χ1n) is 5.34. The second-order valence-corrected chi connectivity index (χ2v) is 7.63. The summed E-state index contributed by atoms with van der Waals surface area (Å²) < 4.78 is 26.5. The molecule has 1 heterocycles. The summed E-state index contributed by atoms with van der Waals surface area (Å²) >= 11 is 0. The van der Waals surface area contributed by atoms with E-state index in [0.29, 0.717) is 0 Å². The Balaban J connectivity index is 2.64. The Morgan fingerprint density at radius 3 is 2.40 bits per heavy atom. The largest absolute Gasteiger partial charge is 0.315 e. The summed E-state index contributed by atoms with van der Waals surface area (Å²) in [5.41, 5.74) is -0.502. The molecule has 0 aliphatic carbocycles. The Bertz CT molecular complexity index is 311. The lowest BCUT2D eigenvalue weighted by atomic mass is 10.0. The Morgan fingerprint density at radius 1 is 1.40 bits per heavy atom. The van der Waals surface area contributed by atoms with Crippen LogP contribution >= 0.6 is 0 Å². The zero-order valence-electron chi connectivity index (χ0n) is 10.1. The maximum atomic E-state index is 11.9. The zero-order chi connectivity index (χ0) is 11.7. The molecular formula is C10H22N2O2S. The third-order valence-electron chi connectivity index (χ3n) is 2.39. The number of rotatable bonds is 3. The van der Waals surface area contributed by atoms with Crippen LogP contribution in [0.1, 0.15) is 34.1 Å². The van der Waals surface area contributed by atoms with Crippen LogP contribution in [-0.4, -0.2) is 32.8 Å². The van der Waals surface area contributed by atoms with Gasteiger partial charge in [-0.25, -0.2) is 13.1 Å². The van der Waals surface area contributed by atoms with Gasteiger partial charge in [-0.1, -0.05) is 20.8 Å². The number of sulfonamides is 1. The minimum absolute atomic E-state index is 0.176. The molecule has 0 bridgehead atoms. The second-order valence-electron chi connectivity index (χ2n) is 5.91. The van der Waals surface area contributed by atoms with Crippen LogP contribution in [0.25, 0.3) is 0 Å². The summed E-state index contributed by atoms with van der Waals surface area (Å²) in [6.45, 7) is 9.35. The first-order valence-corrected chi connectivity index (χ1v) is 7.00. The van der Waals surface area contributed by atoms with E-state index < -0.39 is 10.0 Å². The van der Waals surface area contributed by atoms with E-state index in [0.717, 1.165) is 19.5 Å². The molecule has 0 aromatic heterocycles. The monoisotopic (exact) mass is 234 g/mol. The summed E-state index contributed by atoms with van der Waals surface area (Å²) in [7, 11) is -3.17.